The molecule has 1 nitrogen and oxygen atoms in total. The molecule has 0 amide bonds. The third kappa shape index (κ3) is 1.31. The van der Waals surface area contributed by atoms with Crippen LogP contribution in [0.4, 0.5) is 0 Å². The summed E-state index contributed by atoms with van der Waals surface area (Å²) in [4.78, 5) is 2.59. The van der Waals surface area contributed by atoms with Gasteiger partial charge in [0, 0.05) is 21.9 Å². The molecule has 2 aromatic heterocycles. The van der Waals surface area contributed by atoms with Crippen LogP contribution in [0.5, 0.6) is 0 Å². The van der Waals surface area contributed by atoms with Crippen molar-refractivity contribution in [2.45, 2.75) is 6.54 Å². The minimum absolute atomic E-state index is 0.644. The van der Waals surface area contributed by atoms with Gasteiger partial charge in [-0.1, -0.05) is 6.07 Å². The molecule has 2 rings (SSSR count). The molecular formula is C9H9NS2. The van der Waals surface area contributed by atoms with Gasteiger partial charge in [-0.15, -0.1) is 22.7 Å². The molecule has 0 atom stereocenters. The van der Waals surface area contributed by atoms with E-state index in [0.29, 0.717) is 6.54 Å². The second-order valence-electron chi connectivity index (χ2n) is 2.44. The SMILES string of the molecule is NCc1sccc1-c1cccs1. The van der Waals surface area contributed by atoms with Crippen LogP contribution in [0.25, 0.3) is 10.4 Å². The molecule has 0 fully saturated rings. The highest BCUT2D eigenvalue weighted by Gasteiger charge is 2.04. The first-order valence-electron chi connectivity index (χ1n) is 3.72. The van der Waals surface area contributed by atoms with Gasteiger partial charge >= 0.3 is 0 Å². The monoisotopic (exact) mass is 195 g/mol. The van der Waals surface area contributed by atoms with Crippen LogP contribution in [0, 0.1) is 0 Å². The summed E-state index contributed by atoms with van der Waals surface area (Å²) < 4.78 is 0. The Hall–Kier alpha value is -0.640. The number of hydrogen-bond acceptors (Lipinski definition) is 3. The first-order chi connectivity index (χ1) is 5.92. The summed E-state index contributed by atoms with van der Waals surface area (Å²) in [6.07, 6.45) is 0. The minimum Gasteiger partial charge on any atom is -0.326 e. The molecule has 0 bridgehead atoms. The average molecular weight is 195 g/mol. The molecular weight excluding hydrogens is 186 g/mol. The van der Waals surface area contributed by atoms with E-state index >= 15 is 0 Å². The van der Waals surface area contributed by atoms with Gasteiger partial charge in [-0.05, 0) is 22.9 Å². The standard InChI is InChI=1S/C9H9NS2/c10-6-9-7(3-5-12-9)8-2-1-4-11-8/h1-5H,6,10H2. The fourth-order valence-corrected chi connectivity index (χ4v) is 2.76. The summed E-state index contributed by atoms with van der Waals surface area (Å²) in [5.41, 5.74) is 6.92. The van der Waals surface area contributed by atoms with Gasteiger partial charge in [0.15, 0.2) is 0 Å². The molecule has 0 unspecified atom stereocenters. The Bertz CT molecular complexity index is 348. The van der Waals surface area contributed by atoms with E-state index < -0.39 is 0 Å². The lowest BCUT2D eigenvalue weighted by atomic mass is 10.2. The van der Waals surface area contributed by atoms with Crippen molar-refractivity contribution in [1.82, 2.24) is 0 Å². The fraction of sp³-hybridized carbons (Fsp3) is 0.111. The van der Waals surface area contributed by atoms with Crippen molar-refractivity contribution in [3.05, 3.63) is 33.8 Å². The summed E-state index contributed by atoms with van der Waals surface area (Å²) in [7, 11) is 0. The summed E-state index contributed by atoms with van der Waals surface area (Å²) in [5, 5.41) is 4.19. The zero-order chi connectivity index (χ0) is 8.39. The summed E-state index contributed by atoms with van der Waals surface area (Å²) >= 11 is 3.49. The molecule has 12 heavy (non-hydrogen) atoms. The Morgan fingerprint density at radius 2 is 2.08 bits per heavy atom. The maximum atomic E-state index is 5.62. The van der Waals surface area contributed by atoms with Crippen molar-refractivity contribution in [3.8, 4) is 10.4 Å². The molecule has 62 valence electrons. The predicted molar refractivity (Wildman–Crippen MR) is 55.5 cm³/mol. The van der Waals surface area contributed by atoms with Crippen LogP contribution in [-0.4, -0.2) is 0 Å². The largest absolute Gasteiger partial charge is 0.326 e. The molecule has 0 aliphatic carbocycles. The van der Waals surface area contributed by atoms with E-state index in [2.05, 4.69) is 29.0 Å². The van der Waals surface area contributed by atoms with E-state index in [4.69, 9.17) is 5.73 Å². The molecule has 0 aromatic carbocycles. The van der Waals surface area contributed by atoms with E-state index in [1.807, 2.05) is 0 Å². The Morgan fingerprint density at radius 1 is 1.17 bits per heavy atom. The van der Waals surface area contributed by atoms with E-state index in [0.717, 1.165) is 0 Å². The Morgan fingerprint density at radius 3 is 2.75 bits per heavy atom. The topological polar surface area (TPSA) is 26.0 Å². The van der Waals surface area contributed by atoms with Crippen LogP contribution in [-0.2, 0) is 6.54 Å². The predicted octanol–water partition coefficient (Wildman–Crippen LogP) is 2.94. The molecule has 2 aromatic rings. The number of nitrogens with two attached hydrogens (primary N) is 1. The van der Waals surface area contributed by atoms with Gasteiger partial charge in [-0.25, -0.2) is 0 Å². The van der Waals surface area contributed by atoms with Gasteiger partial charge in [-0.3, -0.25) is 0 Å². The van der Waals surface area contributed by atoms with Crippen molar-refractivity contribution >= 4 is 22.7 Å². The van der Waals surface area contributed by atoms with Crippen molar-refractivity contribution in [1.29, 1.82) is 0 Å². The highest BCUT2D eigenvalue weighted by molar-refractivity contribution is 7.14. The molecule has 0 spiro atoms. The molecule has 0 saturated heterocycles. The third-order valence-electron chi connectivity index (χ3n) is 1.72. The maximum Gasteiger partial charge on any atom is 0.0354 e. The fourth-order valence-electron chi connectivity index (χ4n) is 1.15. The van der Waals surface area contributed by atoms with Crippen molar-refractivity contribution < 1.29 is 0 Å². The van der Waals surface area contributed by atoms with E-state index in [9.17, 15) is 0 Å². The number of rotatable bonds is 2. The third-order valence-corrected chi connectivity index (χ3v) is 3.56. The van der Waals surface area contributed by atoms with E-state index in [1.54, 1.807) is 22.7 Å². The first kappa shape index (κ1) is 7.98. The molecule has 0 aliphatic rings. The second kappa shape index (κ2) is 3.39. The molecule has 2 N–H and O–H groups in total. The van der Waals surface area contributed by atoms with Crippen molar-refractivity contribution in [2.75, 3.05) is 0 Å². The smallest absolute Gasteiger partial charge is 0.0354 e. The van der Waals surface area contributed by atoms with Crippen LogP contribution >= 0.6 is 22.7 Å². The Kier molecular flexibility index (Phi) is 2.26. The first-order valence-corrected chi connectivity index (χ1v) is 5.48. The molecule has 0 radical (unpaired) electrons. The highest BCUT2D eigenvalue weighted by Crippen LogP contribution is 2.31. The lowest BCUT2D eigenvalue weighted by Crippen LogP contribution is -1.93. The summed E-state index contributed by atoms with van der Waals surface area (Å²) in [6, 6.07) is 6.34. The van der Waals surface area contributed by atoms with Gasteiger partial charge in [0.2, 0.25) is 0 Å². The van der Waals surface area contributed by atoms with Crippen LogP contribution in [0.15, 0.2) is 29.0 Å². The zero-order valence-electron chi connectivity index (χ0n) is 6.49. The highest BCUT2D eigenvalue weighted by atomic mass is 32.1. The summed E-state index contributed by atoms with van der Waals surface area (Å²) in [5.74, 6) is 0. The normalized spacial score (nSPS) is 10.4. The molecule has 2 heterocycles. The van der Waals surface area contributed by atoms with Gasteiger partial charge in [0.05, 0.1) is 0 Å². The van der Waals surface area contributed by atoms with Gasteiger partial charge in [0.25, 0.3) is 0 Å². The van der Waals surface area contributed by atoms with Crippen molar-refractivity contribution in [2.24, 2.45) is 5.73 Å². The van der Waals surface area contributed by atoms with Gasteiger partial charge < -0.3 is 5.73 Å². The molecule has 0 aliphatic heterocycles. The van der Waals surface area contributed by atoms with Crippen LogP contribution in [0.2, 0.25) is 0 Å². The van der Waals surface area contributed by atoms with Gasteiger partial charge in [0.1, 0.15) is 0 Å². The lowest BCUT2D eigenvalue weighted by molar-refractivity contribution is 1.11. The average Bonchev–Trinajstić information content (AvgIpc) is 2.74. The Labute approximate surface area is 79.5 Å². The zero-order valence-corrected chi connectivity index (χ0v) is 8.12. The number of thiophene rings is 2. The van der Waals surface area contributed by atoms with E-state index in [1.165, 1.54) is 15.3 Å². The maximum absolute atomic E-state index is 5.62. The van der Waals surface area contributed by atoms with Crippen LogP contribution in [0.1, 0.15) is 4.88 Å². The van der Waals surface area contributed by atoms with E-state index in [-0.39, 0.29) is 0 Å². The summed E-state index contributed by atoms with van der Waals surface area (Å²) in [6.45, 7) is 0.644. The Balaban J connectivity index is 2.46. The molecule has 3 heteroatoms. The number of hydrogen-bond donors (Lipinski definition) is 1. The lowest BCUT2D eigenvalue weighted by Gasteiger charge is -1.95. The quantitative estimate of drug-likeness (QED) is 0.783. The van der Waals surface area contributed by atoms with Crippen LogP contribution in [0.3, 0.4) is 0 Å². The second-order valence-corrected chi connectivity index (χ2v) is 4.39. The van der Waals surface area contributed by atoms with Crippen LogP contribution < -0.4 is 5.73 Å². The minimum atomic E-state index is 0.644. The van der Waals surface area contributed by atoms with Crippen molar-refractivity contribution in [3.63, 3.8) is 0 Å². The van der Waals surface area contributed by atoms with Gasteiger partial charge in [-0.2, -0.15) is 0 Å². The molecule has 0 saturated carbocycles.